The zero-order chi connectivity index (χ0) is 11.0. The van der Waals surface area contributed by atoms with Crippen LogP contribution in [-0.4, -0.2) is 28.3 Å². The van der Waals surface area contributed by atoms with Gasteiger partial charge in [0.1, 0.15) is 0 Å². The van der Waals surface area contributed by atoms with Gasteiger partial charge >= 0.3 is 6.09 Å². The molecule has 1 aliphatic heterocycles. The highest BCUT2D eigenvalue weighted by atomic mass is 79.9. The number of halogens is 1. The number of nitrogens with zero attached hydrogens (tertiary/aromatic N) is 2. The summed E-state index contributed by atoms with van der Waals surface area (Å²) in [6, 6.07) is 6.03. The van der Waals surface area contributed by atoms with Crippen molar-refractivity contribution in [3.05, 3.63) is 33.8 Å². The molecule has 0 saturated carbocycles. The van der Waals surface area contributed by atoms with Crippen LogP contribution < -0.4 is 0 Å². The molecule has 0 spiro atoms. The van der Waals surface area contributed by atoms with Crippen molar-refractivity contribution in [1.29, 1.82) is 0 Å². The van der Waals surface area contributed by atoms with Crippen molar-refractivity contribution in [2.45, 2.75) is 13.1 Å². The molecule has 0 fully saturated rings. The molecule has 0 radical (unpaired) electrons. The molecule has 0 atom stereocenters. The van der Waals surface area contributed by atoms with E-state index in [1.54, 1.807) is 12.1 Å². The number of rotatable bonds is 1. The Balaban J connectivity index is 2.19. The fourth-order valence-corrected chi connectivity index (χ4v) is 2.09. The molecule has 2 rings (SSSR count). The quantitative estimate of drug-likeness (QED) is 0.852. The second-order valence-electron chi connectivity index (χ2n) is 3.54. The van der Waals surface area contributed by atoms with E-state index < -0.39 is 6.09 Å². The number of hydrogen-bond donors (Lipinski definition) is 1. The summed E-state index contributed by atoms with van der Waals surface area (Å²) in [5.74, 6) is 0. The average Bonchev–Trinajstić information content (AvgIpc) is 2.58. The molecular weight excluding hydrogens is 260 g/mol. The second-order valence-corrected chi connectivity index (χ2v) is 4.46. The van der Waals surface area contributed by atoms with Crippen LogP contribution in [0.1, 0.15) is 11.1 Å². The molecule has 0 saturated heterocycles. The van der Waals surface area contributed by atoms with Gasteiger partial charge in [0.25, 0.3) is 0 Å². The van der Waals surface area contributed by atoms with Gasteiger partial charge in [-0.2, -0.15) is 0 Å². The maximum Gasteiger partial charge on any atom is 0.421 e. The van der Waals surface area contributed by atoms with Crippen molar-refractivity contribution in [2.75, 3.05) is 7.05 Å². The topological polar surface area (TPSA) is 43.8 Å². The Morgan fingerprint density at radius 3 is 2.80 bits per heavy atom. The molecular formula is C10H11BrN2O2. The molecule has 1 amide bonds. The van der Waals surface area contributed by atoms with Gasteiger partial charge < -0.3 is 5.11 Å². The van der Waals surface area contributed by atoms with E-state index in [0.29, 0.717) is 13.1 Å². The summed E-state index contributed by atoms with van der Waals surface area (Å²) in [6.45, 7) is 1.31. The Bertz CT molecular complexity index is 408. The molecule has 1 aliphatic rings. The van der Waals surface area contributed by atoms with Crippen LogP contribution in [0.2, 0.25) is 0 Å². The molecule has 1 aromatic rings. The first-order valence-corrected chi connectivity index (χ1v) is 5.36. The minimum atomic E-state index is -0.929. The van der Waals surface area contributed by atoms with Crippen LogP contribution in [0, 0.1) is 0 Å². The molecule has 0 aliphatic carbocycles. The van der Waals surface area contributed by atoms with E-state index in [1.165, 1.54) is 16.1 Å². The number of carboxylic acid groups (broad SMARTS) is 1. The number of hydrazine groups is 1. The monoisotopic (exact) mass is 270 g/mol. The number of benzene rings is 1. The molecule has 80 valence electrons. The molecule has 5 heteroatoms. The van der Waals surface area contributed by atoms with Crippen LogP contribution in [0.25, 0.3) is 0 Å². The van der Waals surface area contributed by atoms with Crippen molar-refractivity contribution in [1.82, 2.24) is 10.0 Å². The van der Waals surface area contributed by atoms with Gasteiger partial charge in [0.05, 0.1) is 0 Å². The highest BCUT2D eigenvalue weighted by Gasteiger charge is 2.24. The molecule has 15 heavy (non-hydrogen) atoms. The summed E-state index contributed by atoms with van der Waals surface area (Å²) in [6.07, 6.45) is -0.929. The van der Waals surface area contributed by atoms with E-state index in [4.69, 9.17) is 5.11 Å². The van der Waals surface area contributed by atoms with Gasteiger partial charge in [-0.15, -0.1) is 0 Å². The first-order chi connectivity index (χ1) is 7.08. The third-order valence-corrected chi connectivity index (χ3v) is 3.07. The molecule has 0 bridgehead atoms. The molecule has 0 aromatic heterocycles. The largest absolute Gasteiger partial charge is 0.464 e. The molecule has 1 N–H and O–H groups in total. The van der Waals surface area contributed by atoms with E-state index in [9.17, 15) is 4.79 Å². The number of fused-ring (bicyclic) bond motifs is 1. The highest BCUT2D eigenvalue weighted by Crippen LogP contribution is 2.26. The summed E-state index contributed by atoms with van der Waals surface area (Å²) in [4.78, 5) is 10.8. The fraction of sp³-hybridized carbons (Fsp3) is 0.300. The van der Waals surface area contributed by atoms with Crippen LogP contribution in [0.4, 0.5) is 4.79 Å². The molecule has 1 aromatic carbocycles. The van der Waals surface area contributed by atoms with E-state index in [1.807, 2.05) is 18.2 Å². The van der Waals surface area contributed by atoms with Crippen molar-refractivity contribution >= 4 is 22.0 Å². The van der Waals surface area contributed by atoms with E-state index in [0.717, 1.165) is 4.47 Å². The van der Waals surface area contributed by atoms with Crippen LogP contribution in [0.3, 0.4) is 0 Å². The van der Waals surface area contributed by atoms with Crippen LogP contribution >= 0.6 is 15.9 Å². The number of amides is 1. The van der Waals surface area contributed by atoms with Crippen molar-refractivity contribution < 1.29 is 9.90 Å². The van der Waals surface area contributed by atoms with Gasteiger partial charge in [-0.3, -0.25) is 0 Å². The minimum absolute atomic E-state index is 0.650. The smallest absolute Gasteiger partial charge is 0.421 e. The third kappa shape index (κ3) is 1.98. The van der Waals surface area contributed by atoms with Gasteiger partial charge in [0.15, 0.2) is 0 Å². The number of hydrogen-bond acceptors (Lipinski definition) is 2. The van der Waals surface area contributed by atoms with Crippen LogP contribution in [0.5, 0.6) is 0 Å². The highest BCUT2D eigenvalue weighted by molar-refractivity contribution is 9.10. The van der Waals surface area contributed by atoms with Gasteiger partial charge in [0, 0.05) is 24.6 Å². The minimum Gasteiger partial charge on any atom is -0.464 e. The number of carbonyl (C=O) groups is 1. The van der Waals surface area contributed by atoms with E-state index in [2.05, 4.69) is 15.9 Å². The molecule has 4 nitrogen and oxygen atoms in total. The zero-order valence-corrected chi connectivity index (χ0v) is 9.86. The lowest BCUT2D eigenvalue weighted by molar-refractivity contribution is 0.00731. The van der Waals surface area contributed by atoms with Gasteiger partial charge in [-0.25, -0.2) is 14.8 Å². The Morgan fingerprint density at radius 1 is 1.47 bits per heavy atom. The second kappa shape index (κ2) is 3.83. The molecule has 1 heterocycles. The zero-order valence-electron chi connectivity index (χ0n) is 8.27. The maximum atomic E-state index is 10.8. The van der Waals surface area contributed by atoms with Crippen molar-refractivity contribution in [3.63, 3.8) is 0 Å². The average molecular weight is 271 g/mol. The van der Waals surface area contributed by atoms with E-state index >= 15 is 0 Å². The Kier molecular flexibility index (Phi) is 2.67. The lowest BCUT2D eigenvalue weighted by Gasteiger charge is -2.24. The predicted molar refractivity (Wildman–Crippen MR) is 59.2 cm³/mol. The van der Waals surface area contributed by atoms with Crippen LogP contribution in [0.15, 0.2) is 22.7 Å². The first kappa shape index (κ1) is 10.4. The summed E-state index contributed by atoms with van der Waals surface area (Å²) in [7, 11) is 1.56. The first-order valence-electron chi connectivity index (χ1n) is 4.57. The summed E-state index contributed by atoms with van der Waals surface area (Å²) in [5.41, 5.74) is 2.36. The summed E-state index contributed by atoms with van der Waals surface area (Å²) in [5, 5.41) is 11.9. The maximum absolute atomic E-state index is 10.8. The molecule has 0 unspecified atom stereocenters. The summed E-state index contributed by atoms with van der Waals surface area (Å²) < 4.78 is 1.03. The Morgan fingerprint density at radius 2 is 2.13 bits per heavy atom. The van der Waals surface area contributed by atoms with Crippen LogP contribution in [-0.2, 0) is 13.1 Å². The lowest BCUT2D eigenvalue weighted by atomic mass is 10.1. The summed E-state index contributed by atoms with van der Waals surface area (Å²) >= 11 is 3.40. The Labute approximate surface area is 96.2 Å². The standard InChI is InChI=1S/C10H11BrN2O2/c1-12(10(14)15)13-5-7-2-3-9(11)4-8(7)6-13/h2-4H,5-6H2,1H3,(H,14,15). The van der Waals surface area contributed by atoms with Gasteiger partial charge in [-0.1, -0.05) is 22.0 Å². The SMILES string of the molecule is CN(C(=O)O)N1Cc2ccc(Br)cc2C1. The van der Waals surface area contributed by atoms with Crippen molar-refractivity contribution in [3.8, 4) is 0 Å². The third-order valence-electron chi connectivity index (χ3n) is 2.58. The predicted octanol–water partition coefficient (Wildman–Crippen LogP) is 2.29. The van der Waals surface area contributed by atoms with Gasteiger partial charge in [0.2, 0.25) is 0 Å². The van der Waals surface area contributed by atoms with Gasteiger partial charge in [-0.05, 0) is 23.3 Å². The normalized spacial score (nSPS) is 15.1. The van der Waals surface area contributed by atoms with E-state index in [-0.39, 0.29) is 0 Å². The van der Waals surface area contributed by atoms with Crippen molar-refractivity contribution in [2.24, 2.45) is 0 Å². The lowest BCUT2D eigenvalue weighted by Crippen LogP contribution is -2.39. The fourth-order valence-electron chi connectivity index (χ4n) is 1.68. The Hall–Kier alpha value is -1.07.